The van der Waals surface area contributed by atoms with Crippen LogP contribution in [-0.4, -0.2) is 45.0 Å². The number of methoxy groups -OCH3 is 1. The van der Waals surface area contributed by atoms with Crippen molar-refractivity contribution in [3.05, 3.63) is 52.0 Å². The summed E-state index contributed by atoms with van der Waals surface area (Å²) in [4.78, 5) is 16.3. The van der Waals surface area contributed by atoms with Crippen molar-refractivity contribution in [3.8, 4) is 11.4 Å². The number of hydrogen-bond donors (Lipinski definition) is 0. The maximum Gasteiger partial charge on any atom is 0.233 e. The Morgan fingerprint density at radius 1 is 1.29 bits per heavy atom. The highest BCUT2D eigenvalue weighted by atomic mass is 32.2. The van der Waals surface area contributed by atoms with Gasteiger partial charge < -0.3 is 9.64 Å². The van der Waals surface area contributed by atoms with E-state index in [0.29, 0.717) is 5.75 Å². The number of rotatable bonds is 5. The van der Waals surface area contributed by atoms with Gasteiger partial charge >= 0.3 is 0 Å². The molecule has 0 fully saturated rings. The van der Waals surface area contributed by atoms with E-state index in [0.717, 1.165) is 35.4 Å². The second-order valence-electron chi connectivity index (χ2n) is 6.66. The van der Waals surface area contributed by atoms with E-state index in [4.69, 9.17) is 4.74 Å². The molecule has 146 valence electrons. The molecule has 0 saturated carbocycles. The van der Waals surface area contributed by atoms with Crippen molar-refractivity contribution in [3.63, 3.8) is 0 Å². The summed E-state index contributed by atoms with van der Waals surface area (Å²) in [5.74, 6) is 2.06. The number of amides is 1. The first-order valence-corrected chi connectivity index (χ1v) is 11.0. The molecule has 0 saturated heterocycles. The maximum absolute atomic E-state index is 12.9. The second-order valence-corrected chi connectivity index (χ2v) is 8.61. The quantitative estimate of drug-likeness (QED) is 0.593. The van der Waals surface area contributed by atoms with Crippen molar-refractivity contribution in [1.29, 1.82) is 0 Å². The summed E-state index contributed by atoms with van der Waals surface area (Å²) in [6.07, 6.45) is 0.939. The number of ether oxygens (including phenoxy) is 1. The molecule has 0 spiro atoms. The molecule has 3 heterocycles. The zero-order valence-corrected chi connectivity index (χ0v) is 17.7. The molecule has 0 radical (unpaired) electrons. The van der Waals surface area contributed by atoms with E-state index in [1.807, 2.05) is 40.7 Å². The van der Waals surface area contributed by atoms with Crippen LogP contribution in [0.3, 0.4) is 0 Å². The van der Waals surface area contributed by atoms with Crippen molar-refractivity contribution in [2.24, 2.45) is 0 Å². The molecule has 0 bridgehead atoms. The fraction of sp³-hybridized carbons (Fsp3) is 0.350. The smallest absolute Gasteiger partial charge is 0.233 e. The van der Waals surface area contributed by atoms with E-state index >= 15 is 0 Å². The van der Waals surface area contributed by atoms with Crippen LogP contribution in [-0.2, 0) is 11.2 Å². The van der Waals surface area contributed by atoms with E-state index in [1.165, 1.54) is 22.2 Å². The molecule has 1 aliphatic rings. The third-order valence-corrected chi connectivity index (χ3v) is 6.96. The summed E-state index contributed by atoms with van der Waals surface area (Å²) in [7, 11) is 1.65. The van der Waals surface area contributed by atoms with Crippen LogP contribution < -0.4 is 4.74 Å². The average molecular weight is 415 g/mol. The fourth-order valence-electron chi connectivity index (χ4n) is 3.52. The molecular weight excluding hydrogens is 392 g/mol. The molecule has 0 aliphatic carbocycles. The first-order valence-electron chi connectivity index (χ1n) is 9.13. The van der Waals surface area contributed by atoms with Crippen molar-refractivity contribution in [2.45, 2.75) is 31.5 Å². The van der Waals surface area contributed by atoms with Crippen molar-refractivity contribution in [2.75, 3.05) is 19.4 Å². The molecule has 1 amide bonds. The van der Waals surface area contributed by atoms with E-state index in [1.54, 1.807) is 18.4 Å². The first kappa shape index (κ1) is 19.0. The largest absolute Gasteiger partial charge is 0.497 e. The lowest BCUT2D eigenvalue weighted by Gasteiger charge is -2.33. The van der Waals surface area contributed by atoms with E-state index in [2.05, 4.69) is 28.6 Å². The van der Waals surface area contributed by atoms with Gasteiger partial charge in [-0.25, -0.2) is 0 Å². The Morgan fingerprint density at radius 2 is 2.07 bits per heavy atom. The number of benzene rings is 1. The normalized spacial score (nSPS) is 16.1. The van der Waals surface area contributed by atoms with Gasteiger partial charge in [-0.05, 0) is 61.5 Å². The molecule has 0 N–H and O–H groups in total. The lowest BCUT2D eigenvalue weighted by Crippen LogP contribution is -2.39. The van der Waals surface area contributed by atoms with Crippen LogP contribution in [0.1, 0.15) is 29.2 Å². The monoisotopic (exact) mass is 414 g/mol. The van der Waals surface area contributed by atoms with Gasteiger partial charge in [-0.3, -0.25) is 9.36 Å². The molecule has 1 atom stereocenters. The van der Waals surface area contributed by atoms with Crippen LogP contribution in [0.4, 0.5) is 0 Å². The van der Waals surface area contributed by atoms with Crippen molar-refractivity contribution >= 4 is 29.0 Å². The summed E-state index contributed by atoms with van der Waals surface area (Å²) >= 11 is 3.21. The van der Waals surface area contributed by atoms with Crippen LogP contribution in [0.25, 0.3) is 5.69 Å². The van der Waals surface area contributed by atoms with Gasteiger partial charge in [0.1, 0.15) is 11.6 Å². The summed E-state index contributed by atoms with van der Waals surface area (Å²) in [6, 6.07) is 10.0. The zero-order valence-electron chi connectivity index (χ0n) is 16.1. The molecule has 4 rings (SSSR count). The van der Waals surface area contributed by atoms with Crippen LogP contribution in [0.15, 0.2) is 40.9 Å². The van der Waals surface area contributed by atoms with Crippen molar-refractivity contribution in [1.82, 2.24) is 19.7 Å². The highest BCUT2D eigenvalue weighted by molar-refractivity contribution is 7.99. The highest BCUT2D eigenvalue weighted by Crippen LogP contribution is 2.33. The summed E-state index contributed by atoms with van der Waals surface area (Å²) < 4.78 is 7.19. The predicted molar refractivity (Wildman–Crippen MR) is 112 cm³/mol. The minimum Gasteiger partial charge on any atom is -0.497 e. The van der Waals surface area contributed by atoms with Gasteiger partial charge in [0, 0.05) is 17.1 Å². The lowest BCUT2D eigenvalue weighted by atomic mass is 10.0. The van der Waals surface area contributed by atoms with E-state index in [-0.39, 0.29) is 11.9 Å². The fourth-order valence-corrected chi connectivity index (χ4v) is 5.37. The Bertz CT molecular complexity index is 981. The van der Waals surface area contributed by atoms with Gasteiger partial charge in [0.25, 0.3) is 0 Å². The first-order chi connectivity index (χ1) is 13.6. The van der Waals surface area contributed by atoms with Crippen molar-refractivity contribution < 1.29 is 9.53 Å². The van der Waals surface area contributed by atoms with Crippen LogP contribution in [0, 0.1) is 6.92 Å². The summed E-state index contributed by atoms with van der Waals surface area (Å²) in [5, 5.41) is 11.3. The topological polar surface area (TPSA) is 60.2 Å². The number of carbonyl (C=O) groups excluding carboxylic acids is 1. The average Bonchev–Trinajstić information content (AvgIpc) is 3.33. The minimum absolute atomic E-state index is 0.129. The number of fused-ring (bicyclic) bond motifs is 1. The molecule has 28 heavy (non-hydrogen) atoms. The number of nitrogens with zero attached hydrogens (tertiary/aromatic N) is 4. The predicted octanol–water partition coefficient (Wildman–Crippen LogP) is 3.88. The van der Waals surface area contributed by atoms with Gasteiger partial charge in [-0.2, -0.15) is 0 Å². The number of aryl methyl sites for hydroxylation is 1. The molecule has 1 aromatic carbocycles. The Labute approximate surface area is 172 Å². The molecular formula is C20H22N4O2S2. The van der Waals surface area contributed by atoms with E-state index in [9.17, 15) is 4.79 Å². The Balaban J connectivity index is 1.48. The number of aromatic nitrogens is 3. The maximum atomic E-state index is 12.9. The number of thiophene rings is 1. The summed E-state index contributed by atoms with van der Waals surface area (Å²) in [6.45, 7) is 4.80. The molecule has 1 unspecified atom stereocenters. The van der Waals surface area contributed by atoms with Gasteiger partial charge in [0.2, 0.25) is 5.91 Å². The van der Waals surface area contributed by atoms with Crippen LogP contribution >= 0.6 is 23.1 Å². The highest BCUT2D eigenvalue weighted by Gasteiger charge is 2.28. The molecule has 1 aliphatic heterocycles. The summed E-state index contributed by atoms with van der Waals surface area (Å²) in [5.41, 5.74) is 2.24. The minimum atomic E-state index is 0.129. The standard InChI is InChI=1S/C20H22N4O2S2/c1-13-17-9-11-27-18(17)8-10-23(13)19(25)12-28-20-22-21-14(2)24(20)15-4-6-16(26-3)7-5-15/h4-7,9,11,13H,8,10,12H2,1-3H3. The SMILES string of the molecule is COc1ccc(-n2c(C)nnc2SCC(=O)N2CCc3sccc3C2C)cc1. The molecule has 3 aromatic rings. The van der Waals surface area contributed by atoms with Crippen LogP contribution in [0.5, 0.6) is 5.75 Å². The lowest BCUT2D eigenvalue weighted by molar-refractivity contribution is -0.130. The zero-order chi connectivity index (χ0) is 19.7. The van der Waals surface area contributed by atoms with E-state index < -0.39 is 0 Å². The molecule has 2 aromatic heterocycles. The third-order valence-electron chi connectivity index (χ3n) is 5.05. The third kappa shape index (κ3) is 3.54. The van der Waals surface area contributed by atoms with Gasteiger partial charge in [-0.15, -0.1) is 21.5 Å². The Kier molecular flexibility index (Phi) is 5.41. The molecule has 8 heteroatoms. The van der Waals surface area contributed by atoms with Gasteiger partial charge in [0.05, 0.1) is 18.9 Å². The second kappa shape index (κ2) is 7.97. The number of hydrogen-bond acceptors (Lipinski definition) is 6. The molecule has 6 nitrogen and oxygen atoms in total. The Hall–Kier alpha value is -2.32. The number of thioether (sulfide) groups is 1. The number of carbonyl (C=O) groups is 1. The van der Waals surface area contributed by atoms with Gasteiger partial charge in [0.15, 0.2) is 5.16 Å². The van der Waals surface area contributed by atoms with Crippen LogP contribution in [0.2, 0.25) is 0 Å². The Morgan fingerprint density at radius 3 is 2.82 bits per heavy atom. The van der Waals surface area contributed by atoms with Gasteiger partial charge in [-0.1, -0.05) is 11.8 Å².